The first-order valence-electron chi connectivity index (χ1n) is 9.90. The summed E-state index contributed by atoms with van der Waals surface area (Å²) in [7, 11) is 3.50. The lowest BCUT2D eigenvalue weighted by atomic mass is 9.99. The summed E-state index contributed by atoms with van der Waals surface area (Å²) in [6, 6.07) is 11.0. The van der Waals surface area contributed by atoms with Crippen LogP contribution in [0.1, 0.15) is 5.56 Å². The summed E-state index contributed by atoms with van der Waals surface area (Å²) in [4.78, 5) is 30.0. The van der Waals surface area contributed by atoms with Crippen molar-refractivity contribution in [3.8, 4) is 0 Å². The second kappa shape index (κ2) is 9.69. The van der Waals surface area contributed by atoms with Crippen molar-refractivity contribution >= 4 is 57.4 Å². The molecule has 0 radical (unpaired) electrons. The molecule has 0 saturated carbocycles. The largest absolute Gasteiger partial charge is 0.301 e. The Kier molecular flexibility index (Phi) is 6.90. The predicted octanol–water partition coefficient (Wildman–Crippen LogP) is 4.71. The first-order valence-corrected chi connectivity index (χ1v) is 11.5. The van der Waals surface area contributed by atoms with Gasteiger partial charge in [-0.15, -0.1) is 0 Å². The number of fused-ring (bicyclic) bond motifs is 1. The van der Waals surface area contributed by atoms with E-state index in [1.165, 1.54) is 23.9 Å². The van der Waals surface area contributed by atoms with E-state index >= 15 is 0 Å². The number of benzene rings is 2. The number of amides is 2. The number of likely N-dealkylation sites (N-methyl/N-ethyl adjacent to an activating group) is 1. The van der Waals surface area contributed by atoms with Crippen LogP contribution in [0.5, 0.6) is 0 Å². The third-order valence-corrected chi connectivity index (χ3v) is 6.44. The van der Waals surface area contributed by atoms with E-state index in [1.54, 1.807) is 66.5 Å². The number of hydrogen-bond acceptors (Lipinski definition) is 6. The number of thioether (sulfide) groups is 1. The molecule has 0 spiro atoms. The van der Waals surface area contributed by atoms with Crippen LogP contribution in [0.15, 0.2) is 70.3 Å². The average molecular weight is 505 g/mol. The van der Waals surface area contributed by atoms with Crippen LogP contribution in [0.4, 0.5) is 4.39 Å². The lowest BCUT2D eigenvalue weighted by Gasteiger charge is -2.37. The number of nitrogens with zero attached hydrogens (tertiary/aromatic N) is 4. The molecule has 33 heavy (non-hydrogen) atoms. The number of carbonyl (C=O) groups excluding carboxylic acids is 2. The number of imide groups is 1. The van der Waals surface area contributed by atoms with E-state index in [0.717, 1.165) is 9.80 Å². The van der Waals surface area contributed by atoms with Gasteiger partial charge < -0.3 is 4.90 Å². The highest BCUT2D eigenvalue weighted by atomic mass is 35.5. The molecule has 0 unspecified atom stereocenters. The highest BCUT2D eigenvalue weighted by molar-refractivity contribution is 8.14. The topological polar surface area (TPSA) is 56.2 Å². The monoisotopic (exact) mass is 504 g/mol. The molecule has 2 heterocycles. The van der Waals surface area contributed by atoms with Crippen molar-refractivity contribution in [3.63, 3.8) is 0 Å². The van der Waals surface area contributed by atoms with Crippen molar-refractivity contribution in [3.05, 3.63) is 81.7 Å². The summed E-state index contributed by atoms with van der Waals surface area (Å²) in [6.45, 7) is -0.000578. The highest BCUT2D eigenvalue weighted by Gasteiger charge is 2.38. The molecular formula is C23H19Cl2FN4O2S. The lowest BCUT2D eigenvalue weighted by Crippen LogP contribution is -2.50. The molecular weight excluding hydrogens is 486 g/mol. The molecule has 0 fully saturated rings. The Balaban J connectivity index is 1.77. The maximum absolute atomic E-state index is 13.5. The summed E-state index contributed by atoms with van der Waals surface area (Å²) in [5.74, 6) is -1.18. The minimum absolute atomic E-state index is 0.0508. The normalized spacial score (nSPS) is 15.8. The van der Waals surface area contributed by atoms with E-state index in [-0.39, 0.29) is 30.5 Å². The van der Waals surface area contributed by atoms with Crippen molar-refractivity contribution in [2.75, 3.05) is 27.3 Å². The summed E-state index contributed by atoms with van der Waals surface area (Å²) in [5, 5.41) is 7.42. The molecule has 0 saturated heterocycles. The van der Waals surface area contributed by atoms with Gasteiger partial charge in [0.25, 0.3) is 5.91 Å². The van der Waals surface area contributed by atoms with E-state index in [4.69, 9.17) is 23.2 Å². The summed E-state index contributed by atoms with van der Waals surface area (Å²) < 4.78 is 13.2. The van der Waals surface area contributed by atoms with Crippen LogP contribution in [-0.4, -0.2) is 59.0 Å². The molecule has 2 aromatic rings. The SMILES string of the molecule is CN(C)CC(=O)N1CN2N=C(Sc3ccc(F)cc3)C=CC2=C(c2c(Cl)cccc2Cl)C1=O. The van der Waals surface area contributed by atoms with Crippen LogP contribution >= 0.6 is 35.0 Å². The van der Waals surface area contributed by atoms with Crippen molar-refractivity contribution < 1.29 is 14.0 Å². The van der Waals surface area contributed by atoms with Crippen LogP contribution < -0.4 is 0 Å². The second-order valence-electron chi connectivity index (χ2n) is 7.59. The molecule has 2 amide bonds. The third kappa shape index (κ3) is 4.99. The van der Waals surface area contributed by atoms with Gasteiger partial charge in [0.2, 0.25) is 5.91 Å². The van der Waals surface area contributed by atoms with E-state index in [1.807, 2.05) is 0 Å². The molecule has 10 heteroatoms. The number of carbonyl (C=O) groups is 2. The van der Waals surface area contributed by atoms with Crippen LogP contribution in [-0.2, 0) is 9.59 Å². The minimum atomic E-state index is -0.488. The zero-order valence-corrected chi connectivity index (χ0v) is 20.1. The van der Waals surface area contributed by atoms with E-state index in [2.05, 4.69) is 5.10 Å². The van der Waals surface area contributed by atoms with Gasteiger partial charge in [0, 0.05) is 10.5 Å². The molecule has 0 aliphatic carbocycles. The summed E-state index contributed by atoms with van der Waals surface area (Å²) in [6.07, 6.45) is 3.51. The molecule has 2 aliphatic heterocycles. The molecule has 170 valence electrons. The van der Waals surface area contributed by atoms with E-state index in [0.29, 0.717) is 26.3 Å². The molecule has 0 N–H and O–H groups in total. The van der Waals surface area contributed by atoms with Gasteiger partial charge in [-0.05, 0) is 62.6 Å². The van der Waals surface area contributed by atoms with E-state index < -0.39 is 5.91 Å². The quantitative estimate of drug-likeness (QED) is 0.603. The first-order chi connectivity index (χ1) is 15.7. The van der Waals surface area contributed by atoms with Gasteiger partial charge in [-0.25, -0.2) is 9.40 Å². The third-order valence-electron chi connectivity index (χ3n) is 4.87. The number of hydrazone groups is 1. The maximum atomic E-state index is 13.5. The molecule has 0 atom stereocenters. The number of allylic oxidation sites excluding steroid dienone is 1. The van der Waals surface area contributed by atoms with Crippen LogP contribution in [0, 0.1) is 5.82 Å². The molecule has 4 rings (SSSR count). The van der Waals surface area contributed by atoms with Gasteiger partial charge >= 0.3 is 0 Å². The van der Waals surface area contributed by atoms with Crippen LogP contribution in [0.2, 0.25) is 10.0 Å². The van der Waals surface area contributed by atoms with Gasteiger partial charge in [0.1, 0.15) is 17.5 Å². The molecule has 0 bridgehead atoms. The minimum Gasteiger partial charge on any atom is -0.301 e. The Morgan fingerprint density at radius 2 is 1.79 bits per heavy atom. The fourth-order valence-electron chi connectivity index (χ4n) is 3.40. The lowest BCUT2D eigenvalue weighted by molar-refractivity contribution is -0.144. The Morgan fingerprint density at radius 3 is 2.42 bits per heavy atom. The van der Waals surface area contributed by atoms with Gasteiger partial charge in [0.15, 0.2) is 0 Å². The molecule has 2 aromatic carbocycles. The van der Waals surface area contributed by atoms with Gasteiger partial charge in [0.05, 0.1) is 27.9 Å². The second-order valence-corrected chi connectivity index (χ2v) is 9.50. The molecule has 0 aromatic heterocycles. The zero-order chi connectivity index (χ0) is 23.7. The number of rotatable bonds is 4. The number of halogens is 3. The zero-order valence-electron chi connectivity index (χ0n) is 17.8. The molecule has 6 nitrogen and oxygen atoms in total. The Hall–Kier alpha value is -2.65. The van der Waals surface area contributed by atoms with Crippen molar-refractivity contribution in [1.29, 1.82) is 0 Å². The van der Waals surface area contributed by atoms with Gasteiger partial charge in [-0.3, -0.25) is 14.5 Å². The predicted molar refractivity (Wildman–Crippen MR) is 129 cm³/mol. The van der Waals surface area contributed by atoms with Crippen molar-refractivity contribution in [2.24, 2.45) is 5.10 Å². The van der Waals surface area contributed by atoms with Crippen LogP contribution in [0.3, 0.4) is 0 Å². The maximum Gasteiger partial charge on any atom is 0.264 e. The Morgan fingerprint density at radius 1 is 1.12 bits per heavy atom. The van der Waals surface area contributed by atoms with Crippen molar-refractivity contribution in [2.45, 2.75) is 4.90 Å². The Labute approximate surface area is 204 Å². The van der Waals surface area contributed by atoms with Crippen LogP contribution in [0.25, 0.3) is 5.57 Å². The fourth-order valence-corrected chi connectivity index (χ4v) is 4.78. The van der Waals surface area contributed by atoms with Gasteiger partial charge in [-0.2, -0.15) is 5.10 Å². The average Bonchev–Trinajstić information content (AvgIpc) is 2.76. The smallest absolute Gasteiger partial charge is 0.264 e. The van der Waals surface area contributed by atoms with E-state index in [9.17, 15) is 14.0 Å². The first kappa shape index (κ1) is 23.5. The standard InChI is InChI=1S/C23H19Cl2FN4O2S/c1-28(2)12-20(31)29-13-30-18(22(23(29)32)21-16(24)4-3-5-17(21)25)10-11-19(27-30)33-15-8-6-14(26)7-9-15/h3-11H,12-13H2,1-2H3. The van der Waals surface area contributed by atoms with Gasteiger partial charge in [-0.1, -0.05) is 41.0 Å². The summed E-state index contributed by atoms with van der Waals surface area (Å²) in [5.41, 5.74) is 1.05. The Bertz CT molecular complexity index is 1190. The van der Waals surface area contributed by atoms with Crippen molar-refractivity contribution in [1.82, 2.24) is 14.8 Å². The molecule has 2 aliphatic rings. The summed E-state index contributed by atoms with van der Waals surface area (Å²) >= 11 is 14.2. The number of hydrogen-bond donors (Lipinski definition) is 0. The highest BCUT2D eigenvalue weighted by Crippen LogP contribution is 2.39. The fraction of sp³-hybridized carbons (Fsp3) is 0.174.